The number of benzene rings is 2. The molecule has 3 rings (SSSR count). The molecule has 0 aromatic heterocycles. The molecule has 1 unspecified atom stereocenters. The van der Waals surface area contributed by atoms with Gasteiger partial charge in [0.2, 0.25) is 5.91 Å². The van der Waals surface area contributed by atoms with Gasteiger partial charge in [0.1, 0.15) is 5.75 Å². The van der Waals surface area contributed by atoms with E-state index in [4.69, 9.17) is 16.3 Å². The van der Waals surface area contributed by atoms with E-state index >= 15 is 0 Å². The second-order valence-corrected chi connectivity index (χ2v) is 7.73. The molecule has 0 radical (unpaired) electrons. The summed E-state index contributed by atoms with van der Waals surface area (Å²) >= 11 is 6.02. The lowest BCUT2D eigenvalue weighted by atomic mass is 9.78. The number of halogens is 1. The van der Waals surface area contributed by atoms with E-state index in [2.05, 4.69) is 0 Å². The zero-order valence-electron chi connectivity index (χ0n) is 15.4. The average Bonchev–Trinajstić information content (AvgIpc) is 2.69. The first-order valence-corrected chi connectivity index (χ1v) is 9.79. The van der Waals surface area contributed by atoms with Crippen molar-refractivity contribution in [2.24, 2.45) is 5.41 Å². The van der Waals surface area contributed by atoms with E-state index in [0.717, 1.165) is 37.1 Å². The molecule has 0 saturated carbocycles. The third-order valence-electron chi connectivity index (χ3n) is 5.24. The van der Waals surface area contributed by atoms with Crippen molar-refractivity contribution in [1.29, 1.82) is 0 Å². The molecule has 0 aliphatic carbocycles. The molecule has 1 aliphatic rings. The van der Waals surface area contributed by atoms with Crippen molar-refractivity contribution in [3.8, 4) is 5.75 Å². The summed E-state index contributed by atoms with van der Waals surface area (Å²) in [7, 11) is 0. The van der Waals surface area contributed by atoms with E-state index in [0.29, 0.717) is 24.6 Å². The van der Waals surface area contributed by atoms with Gasteiger partial charge in [0.05, 0.1) is 19.6 Å². The van der Waals surface area contributed by atoms with Crippen molar-refractivity contribution in [3.63, 3.8) is 0 Å². The standard InChI is InChI=1S/C22H26ClNO3/c23-19-7-4-6-18(14-19)15-21(26)24-12-5-10-22(16-24,17-25)11-13-27-20-8-2-1-3-9-20/h1-4,6-9,14,25H,5,10-13,15-17H2. The van der Waals surface area contributed by atoms with Gasteiger partial charge in [-0.1, -0.05) is 41.9 Å². The largest absolute Gasteiger partial charge is 0.494 e. The molecule has 27 heavy (non-hydrogen) atoms. The second-order valence-electron chi connectivity index (χ2n) is 7.30. The van der Waals surface area contributed by atoms with E-state index < -0.39 is 0 Å². The van der Waals surface area contributed by atoms with E-state index in [9.17, 15) is 9.90 Å². The Hall–Kier alpha value is -2.04. The van der Waals surface area contributed by atoms with Crippen LogP contribution in [0.4, 0.5) is 0 Å². The van der Waals surface area contributed by atoms with E-state index in [1.54, 1.807) is 6.07 Å². The lowest BCUT2D eigenvalue weighted by Gasteiger charge is -2.42. The number of rotatable bonds is 7. The zero-order valence-corrected chi connectivity index (χ0v) is 16.2. The maximum absolute atomic E-state index is 12.7. The van der Waals surface area contributed by atoms with Gasteiger partial charge < -0.3 is 14.7 Å². The van der Waals surface area contributed by atoms with Crippen LogP contribution in [-0.4, -0.2) is 42.2 Å². The maximum atomic E-state index is 12.7. The smallest absolute Gasteiger partial charge is 0.227 e. The highest BCUT2D eigenvalue weighted by Crippen LogP contribution is 2.33. The number of ether oxygens (including phenoxy) is 1. The van der Waals surface area contributed by atoms with Gasteiger partial charge in [-0.05, 0) is 49.1 Å². The third kappa shape index (κ3) is 5.47. The Bertz CT molecular complexity index is 752. The summed E-state index contributed by atoms with van der Waals surface area (Å²) in [5, 5.41) is 10.7. The van der Waals surface area contributed by atoms with Gasteiger partial charge in [-0.2, -0.15) is 0 Å². The minimum atomic E-state index is -0.295. The number of amides is 1. The summed E-state index contributed by atoms with van der Waals surface area (Å²) in [5.74, 6) is 0.911. The first-order valence-electron chi connectivity index (χ1n) is 9.41. The number of piperidine rings is 1. The average molecular weight is 388 g/mol. The number of carbonyl (C=O) groups excluding carboxylic acids is 1. The van der Waals surface area contributed by atoms with Crippen LogP contribution in [0.3, 0.4) is 0 Å². The molecule has 1 N–H and O–H groups in total. The van der Waals surface area contributed by atoms with Gasteiger partial charge in [0.15, 0.2) is 0 Å². The number of para-hydroxylation sites is 1. The topological polar surface area (TPSA) is 49.8 Å². The fourth-order valence-electron chi connectivity index (χ4n) is 3.67. The Morgan fingerprint density at radius 3 is 2.74 bits per heavy atom. The van der Waals surface area contributed by atoms with Crippen LogP contribution < -0.4 is 4.74 Å². The molecule has 0 bridgehead atoms. The fourth-order valence-corrected chi connectivity index (χ4v) is 3.88. The van der Waals surface area contributed by atoms with Crippen molar-refractivity contribution < 1.29 is 14.6 Å². The van der Waals surface area contributed by atoms with Crippen LogP contribution in [0, 0.1) is 5.41 Å². The molecular formula is C22H26ClNO3. The molecule has 1 atom stereocenters. The number of carbonyl (C=O) groups is 1. The van der Waals surface area contributed by atoms with Crippen molar-refractivity contribution in [1.82, 2.24) is 4.90 Å². The van der Waals surface area contributed by atoms with Gasteiger partial charge >= 0.3 is 0 Å². The van der Waals surface area contributed by atoms with Gasteiger partial charge in [-0.15, -0.1) is 0 Å². The number of likely N-dealkylation sites (tertiary alicyclic amines) is 1. The normalized spacial score (nSPS) is 19.7. The first kappa shape index (κ1) is 19.7. The molecule has 144 valence electrons. The minimum Gasteiger partial charge on any atom is -0.494 e. The summed E-state index contributed by atoms with van der Waals surface area (Å²) < 4.78 is 5.81. The molecule has 1 fully saturated rings. The third-order valence-corrected chi connectivity index (χ3v) is 5.47. The Balaban J connectivity index is 1.57. The van der Waals surface area contributed by atoms with Crippen LogP contribution in [0.1, 0.15) is 24.8 Å². The quantitative estimate of drug-likeness (QED) is 0.782. The summed E-state index contributed by atoms with van der Waals surface area (Å²) in [5.41, 5.74) is 0.622. The molecule has 1 aliphatic heterocycles. The SMILES string of the molecule is O=C(Cc1cccc(Cl)c1)N1CCCC(CO)(CCOc2ccccc2)C1. The molecule has 1 amide bonds. The second kappa shape index (κ2) is 9.25. The molecule has 2 aromatic carbocycles. The lowest BCUT2D eigenvalue weighted by Crippen LogP contribution is -2.49. The van der Waals surface area contributed by atoms with E-state index in [-0.39, 0.29) is 17.9 Å². The molecule has 0 spiro atoms. The summed E-state index contributed by atoms with van der Waals surface area (Å²) in [6, 6.07) is 17.1. The van der Waals surface area contributed by atoms with Crippen LogP contribution in [0.5, 0.6) is 5.75 Å². The Labute approximate surface area is 165 Å². The summed E-state index contributed by atoms with van der Waals surface area (Å²) in [4.78, 5) is 14.6. The minimum absolute atomic E-state index is 0.0616. The first-order chi connectivity index (χ1) is 13.1. The predicted molar refractivity (Wildman–Crippen MR) is 107 cm³/mol. The summed E-state index contributed by atoms with van der Waals surface area (Å²) in [6.07, 6.45) is 2.86. The Morgan fingerprint density at radius 2 is 2.00 bits per heavy atom. The maximum Gasteiger partial charge on any atom is 0.227 e. The van der Waals surface area contributed by atoms with Crippen LogP contribution in [-0.2, 0) is 11.2 Å². The van der Waals surface area contributed by atoms with Crippen molar-refractivity contribution >= 4 is 17.5 Å². The number of aliphatic hydroxyl groups excluding tert-OH is 1. The van der Waals surface area contributed by atoms with Crippen molar-refractivity contribution in [3.05, 3.63) is 65.2 Å². The molecule has 1 heterocycles. The molecule has 5 heteroatoms. The predicted octanol–water partition coefficient (Wildman–Crippen LogP) is 3.95. The Morgan fingerprint density at radius 1 is 1.19 bits per heavy atom. The van der Waals surface area contributed by atoms with Gasteiger partial charge in [0, 0.05) is 23.5 Å². The van der Waals surface area contributed by atoms with Crippen LogP contribution in [0.25, 0.3) is 0 Å². The number of nitrogens with zero attached hydrogens (tertiary/aromatic N) is 1. The highest BCUT2D eigenvalue weighted by Gasteiger charge is 2.36. The van der Waals surface area contributed by atoms with E-state index in [1.807, 2.05) is 53.4 Å². The number of hydrogen-bond donors (Lipinski definition) is 1. The molecular weight excluding hydrogens is 362 g/mol. The highest BCUT2D eigenvalue weighted by atomic mass is 35.5. The number of aliphatic hydroxyl groups is 1. The summed E-state index contributed by atoms with van der Waals surface area (Å²) in [6.45, 7) is 1.90. The molecule has 4 nitrogen and oxygen atoms in total. The Kier molecular flexibility index (Phi) is 6.75. The van der Waals surface area contributed by atoms with Gasteiger partial charge in [0.25, 0.3) is 0 Å². The van der Waals surface area contributed by atoms with Crippen LogP contribution in [0.15, 0.2) is 54.6 Å². The van der Waals surface area contributed by atoms with E-state index in [1.165, 1.54) is 0 Å². The zero-order chi connectivity index (χ0) is 19.1. The van der Waals surface area contributed by atoms with Crippen molar-refractivity contribution in [2.75, 3.05) is 26.3 Å². The van der Waals surface area contributed by atoms with Crippen LogP contribution >= 0.6 is 11.6 Å². The lowest BCUT2D eigenvalue weighted by molar-refractivity contribution is -0.135. The molecule has 2 aromatic rings. The van der Waals surface area contributed by atoms with Gasteiger partial charge in [-0.3, -0.25) is 4.79 Å². The van der Waals surface area contributed by atoms with Crippen molar-refractivity contribution in [2.45, 2.75) is 25.7 Å². The van der Waals surface area contributed by atoms with Crippen LogP contribution in [0.2, 0.25) is 5.02 Å². The fraction of sp³-hybridized carbons (Fsp3) is 0.409. The number of hydrogen-bond acceptors (Lipinski definition) is 3. The molecule has 1 saturated heterocycles. The van der Waals surface area contributed by atoms with Gasteiger partial charge in [-0.25, -0.2) is 0 Å². The highest BCUT2D eigenvalue weighted by molar-refractivity contribution is 6.30. The monoisotopic (exact) mass is 387 g/mol.